The molecular formula is C6H9NO2. The van der Waals surface area contributed by atoms with Crippen LogP contribution in [0.5, 0.6) is 0 Å². The van der Waals surface area contributed by atoms with Crippen LogP contribution < -0.4 is 5.73 Å². The van der Waals surface area contributed by atoms with Gasteiger partial charge in [-0.25, -0.2) is 0 Å². The van der Waals surface area contributed by atoms with E-state index in [1.54, 1.807) is 6.08 Å². The monoisotopic (exact) mass is 127 g/mol. The molecule has 50 valence electrons. The van der Waals surface area contributed by atoms with Crippen molar-refractivity contribution in [1.82, 2.24) is 0 Å². The molecule has 0 heterocycles. The Labute approximate surface area is 53.5 Å². The number of aliphatic hydroxyl groups excluding tert-OH is 1. The van der Waals surface area contributed by atoms with Crippen molar-refractivity contribution in [2.75, 3.05) is 0 Å². The van der Waals surface area contributed by atoms with Crippen molar-refractivity contribution in [2.24, 2.45) is 5.73 Å². The van der Waals surface area contributed by atoms with Gasteiger partial charge in [0.15, 0.2) is 0 Å². The van der Waals surface area contributed by atoms with Crippen molar-refractivity contribution in [3.63, 3.8) is 0 Å². The predicted octanol–water partition coefficient (Wildman–Crippen LogP) is 0.490. The van der Waals surface area contributed by atoms with Crippen molar-refractivity contribution in [3.05, 3.63) is 24.5 Å². The molecule has 0 aromatic heterocycles. The van der Waals surface area contributed by atoms with E-state index in [0.717, 1.165) is 6.26 Å². The first-order chi connectivity index (χ1) is 4.27. The Morgan fingerprint density at radius 3 is 2.67 bits per heavy atom. The summed E-state index contributed by atoms with van der Waals surface area (Å²) < 4.78 is 0. The smallest absolute Gasteiger partial charge is 0.241 e. The van der Waals surface area contributed by atoms with Crippen molar-refractivity contribution in [2.45, 2.75) is 6.42 Å². The average molecular weight is 127 g/mol. The molecule has 0 aromatic rings. The average Bonchev–Trinajstić information content (AvgIpc) is 1.80. The van der Waals surface area contributed by atoms with Crippen LogP contribution in [0.1, 0.15) is 6.42 Å². The number of nitrogens with two attached hydrogens (primary N) is 1. The van der Waals surface area contributed by atoms with Crippen LogP contribution in [0.15, 0.2) is 24.5 Å². The molecule has 0 aliphatic carbocycles. The number of allylic oxidation sites excluding steroid dienone is 2. The second kappa shape index (κ2) is 4.90. The quantitative estimate of drug-likeness (QED) is 0.428. The number of primary amides is 1. The fourth-order valence-corrected chi connectivity index (χ4v) is 0.324. The molecule has 0 aliphatic heterocycles. The van der Waals surface area contributed by atoms with Gasteiger partial charge in [0.05, 0.1) is 6.26 Å². The van der Waals surface area contributed by atoms with Crippen LogP contribution in [0.3, 0.4) is 0 Å². The molecule has 0 saturated heterocycles. The molecule has 0 aromatic carbocycles. The molecule has 0 aliphatic rings. The van der Waals surface area contributed by atoms with E-state index in [4.69, 9.17) is 10.8 Å². The van der Waals surface area contributed by atoms with Crippen molar-refractivity contribution in [1.29, 1.82) is 0 Å². The molecule has 0 saturated carbocycles. The highest BCUT2D eigenvalue weighted by atomic mass is 16.2. The first kappa shape index (κ1) is 7.75. The van der Waals surface area contributed by atoms with Gasteiger partial charge in [-0.1, -0.05) is 6.08 Å². The Bertz CT molecular complexity index is 138. The summed E-state index contributed by atoms with van der Waals surface area (Å²) in [5.41, 5.74) is 4.76. The van der Waals surface area contributed by atoms with Gasteiger partial charge in [0, 0.05) is 0 Å². The molecule has 0 radical (unpaired) electrons. The van der Waals surface area contributed by atoms with E-state index in [9.17, 15) is 4.79 Å². The van der Waals surface area contributed by atoms with Gasteiger partial charge in [0.1, 0.15) is 0 Å². The van der Waals surface area contributed by atoms with Gasteiger partial charge in [0.2, 0.25) is 5.91 Å². The highest BCUT2D eigenvalue weighted by Gasteiger charge is 1.77. The van der Waals surface area contributed by atoms with Gasteiger partial charge in [-0.15, -0.1) is 0 Å². The van der Waals surface area contributed by atoms with E-state index >= 15 is 0 Å². The fraction of sp³-hybridized carbons (Fsp3) is 0.167. The van der Waals surface area contributed by atoms with Crippen LogP contribution in [0.4, 0.5) is 0 Å². The lowest BCUT2D eigenvalue weighted by atomic mass is 10.3. The van der Waals surface area contributed by atoms with Crippen molar-refractivity contribution in [3.8, 4) is 0 Å². The SMILES string of the molecule is NC(=O)C=CCC=CO. The third-order valence-electron chi connectivity index (χ3n) is 0.660. The number of rotatable bonds is 3. The summed E-state index contributed by atoms with van der Waals surface area (Å²) in [6.07, 6.45) is 5.76. The lowest BCUT2D eigenvalue weighted by Crippen LogP contribution is -2.04. The van der Waals surface area contributed by atoms with Gasteiger partial charge >= 0.3 is 0 Å². The van der Waals surface area contributed by atoms with Gasteiger partial charge in [-0.05, 0) is 18.6 Å². The zero-order chi connectivity index (χ0) is 7.11. The lowest BCUT2D eigenvalue weighted by Gasteiger charge is -1.78. The van der Waals surface area contributed by atoms with E-state index in [1.165, 1.54) is 12.2 Å². The van der Waals surface area contributed by atoms with Gasteiger partial charge < -0.3 is 10.8 Å². The van der Waals surface area contributed by atoms with Gasteiger partial charge in [-0.3, -0.25) is 4.79 Å². The number of carbonyl (C=O) groups excluding carboxylic acids is 1. The third kappa shape index (κ3) is 6.75. The molecule has 0 unspecified atom stereocenters. The van der Waals surface area contributed by atoms with Crippen LogP contribution in [-0.2, 0) is 4.79 Å². The third-order valence-corrected chi connectivity index (χ3v) is 0.660. The number of carbonyl (C=O) groups is 1. The summed E-state index contributed by atoms with van der Waals surface area (Å²) in [5, 5.41) is 8.10. The molecule has 3 N–H and O–H groups in total. The predicted molar refractivity (Wildman–Crippen MR) is 34.7 cm³/mol. The van der Waals surface area contributed by atoms with Crippen molar-refractivity contribution < 1.29 is 9.90 Å². The summed E-state index contributed by atoms with van der Waals surface area (Å²) >= 11 is 0. The normalized spacial score (nSPS) is 11.1. The van der Waals surface area contributed by atoms with Crippen molar-refractivity contribution >= 4 is 5.91 Å². The van der Waals surface area contributed by atoms with E-state index in [2.05, 4.69) is 0 Å². The number of hydrogen-bond donors (Lipinski definition) is 2. The second-order valence-corrected chi connectivity index (χ2v) is 1.43. The molecular weight excluding hydrogens is 118 g/mol. The Kier molecular flexibility index (Phi) is 4.22. The van der Waals surface area contributed by atoms with Crippen LogP contribution in [0.25, 0.3) is 0 Å². The Morgan fingerprint density at radius 2 is 2.22 bits per heavy atom. The number of amides is 1. The summed E-state index contributed by atoms with van der Waals surface area (Å²) in [7, 11) is 0. The largest absolute Gasteiger partial charge is 0.516 e. The fourth-order valence-electron chi connectivity index (χ4n) is 0.324. The second-order valence-electron chi connectivity index (χ2n) is 1.43. The zero-order valence-electron chi connectivity index (χ0n) is 4.95. The maximum absolute atomic E-state index is 10.0. The summed E-state index contributed by atoms with van der Waals surface area (Å²) in [4.78, 5) is 10.0. The van der Waals surface area contributed by atoms with Gasteiger partial charge in [0.25, 0.3) is 0 Å². The first-order valence-electron chi connectivity index (χ1n) is 2.52. The van der Waals surface area contributed by atoms with Crippen LogP contribution in [-0.4, -0.2) is 11.0 Å². The number of hydrogen-bond acceptors (Lipinski definition) is 2. The maximum atomic E-state index is 10.0. The van der Waals surface area contributed by atoms with E-state index < -0.39 is 5.91 Å². The summed E-state index contributed by atoms with van der Waals surface area (Å²) in [5.74, 6) is -0.471. The lowest BCUT2D eigenvalue weighted by molar-refractivity contribution is -0.113. The van der Waals surface area contributed by atoms with E-state index in [1.807, 2.05) is 0 Å². The van der Waals surface area contributed by atoms with E-state index in [0.29, 0.717) is 6.42 Å². The highest BCUT2D eigenvalue weighted by molar-refractivity contribution is 5.85. The summed E-state index contributed by atoms with van der Waals surface area (Å²) in [6, 6.07) is 0. The zero-order valence-corrected chi connectivity index (χ0v) is 4.95. The maximum Gasteiger partial charge on any atom is 0.241 e. The minimum absolute atomic E-state index is 0.471. The Balaban J connectivity index is 3.36. The Hall–Kier alpha value is -1.25. The standard InChI is InChI=1S/C6H9NO2/c7-6(9)4-2-1-3-5-8/h2-5,8H,1H2,(H2,7,9). The molecule has 0 fully saturated rings. The topological polar surface area (TPSA) is 63.3 Å². The highest BCUT2D eigenvalue weighted by Crippen LogP contribution is 1.82. The minimum atomic E-state index is -0.471. The summed E-state index contributed by atoms with van der Waals surface area (Å²) in [6.45, 7) is 0. The molecule has 0 spiro atoms. The molecule has 0 atom stereocenters. The Morgan fingerprint density at radius 1 is 1.56 bits per heavy atom. The van der Waals surface area contributed by atoms with Crippen LogP contribution in [0, 0.1) is 0 Å². The van der Waals surface area contributed by atoms with Gasteiger partial charge in [-0.2, -0.15) is 0 Å². The van der Waals surface area contributed by atoms with Crippen LogP contribution >= 0.6 is 0 Å². The molecule has 3 heteroatoms. The van der Waals surface area contributed by atoms with Crippen LogP contribution in [0.2, 0.25) is 0 Å². The molecule has 9 heavy (non-hydrogen) atoms. The number of aliphatic hydroxyl groups is 1. The molecule has 0 bridgehead atoms. The molecule has 3 nitrogen and oxygen atoms in total. The molecule has 0 rings (SSSR count). The minimum Gasteiger partial charge on any atom is -0.516 e. The first-order valence-corrected chi connectivity index (χ1v) is 2.52. The molecule has 1 amide bonds. The van der Waals surface area contributed by atoms with E-state index in [-0.39, 0.29) is 0 Å².